The number of alkyl halides is 3. The summed E-state index contributed by atoms with van der Waals surface area (Å²) in [6.45, 7) is 3.79. The van der Waals surface area contributed by atoms with E-state index in [4.69, 9.17) is 0 Å². The minimum atomic E-state index is -4.49. The van der Waals surface area contributed by atoms with E-state index in [1.54, 1.807) is 31.4 Å². The maximum Gasteiger partial charge on any atom is 0.395 e. The zero-order valence-corrected chi connectivity index (χ0v) is 25.7. The second kappa shape index (κ2) is 11.0. The number of hydrogen-bond acceptors (Lipinski definition) is 9. The van der Waals surface area contributed by atoms with Crippen molar-refractivity contribution in [3.8, 4) is 12.1 Å². The maximum atomic E-state index is 13.7. The fraction of sp³-hybridized carbons (Fsp3) is 0.333. The van der Waals surface area contributed by atoms with Crippen molar-refractivity contribution in [2.24, 2.45) is 12.5 Å². The normalized spacial score (nSPS) is 16.4. The first-order valence-electron chi connectivity index (χ1n) is 14.7. The first-order valence-corrected chi connectivity index (χ1v) is 14.7. The maximum absolute atomic E-state index is 13.7. The van der Waals surface area contributed by atoms with Crippen LogP contribution in [0.1, 0.15) is 56.3 Å². The zero-order chi connectivity index (χ0) is 33.0. The van der Waals surface area contributed by atoms with Crippen LogP contribution in [0, 0.1) is 28.1 Å². The molecule has 1 saturated carbocycles. The van der Waals surface area contributed by atoms with Crippen molar-refractivity contribution in [1.82, 2.24) is 25.5 Å². The summed E-state index contributed by atoms with van der Waals surface area (Å²) >= 11 is 0. The smallest absolute Gasteiger partial charge is 0.382 e. The first kappa shape index (κ1) is 30.7. The minimum absolute atomic E-state index is 0.0466. The van der Waals surface area contributed by atoms with E-state index < -0.39 is 24.2 Å². The molecule has 0 saturated heterocycles. The molecule has 236 valence electrons. The van der Waals surface area contributed by atoms with Gasteiger partial charge in [-0.2, -0.15) is 23.7 Å². The number of fused-ring (bicyclic) bond motifs is 2. The lowest BCUT2D eigenvalue weighted by Gasteiger charge is -2.29. The summed E-state index contributed by atoms with van der Waals surface area (Å²) in [6.07, 6.45) is 2.46. The highest BCUT2D eigenvalue weighted by Gasteiger charge is 2.47. The predicted octanol–water partition coefficient (Wildman–Crippen LogP) is 5.70. The van der Waals surface area contributed by atoms with Gasteiger partial charge in [-0.05, 0) is 68.8 Å². The van der Waals surface area contributed by atoms with Gasteiger partial charge in [0.15, 0.2) is 0 Å². The van der Waals surface area contributed by atoms with E-state index in [2.05, 4.69) is 39.6 Å². The van der Waals surface area contributed by atoms with Gasteiger partial charge in [0.2, 0.25) is 0 Å². The molecule has 4 N–H and O–H groups in total. The van der Waals surface area contributed by atoms with Crippen molar-refractivity contribution in [2.45, 2.75) is 51.4 Å². The van der Waals surface area contributed by atoms with E-state index >= 15 is 0 Å². The Bertz CT molecular complexity index is 2050. The molecular formula is C33H32F3N9O. The summed E-state index contributed by atoms with van der Waals surface area (Å²) in [5.41, 5.74) is 6.79. The van der Waals surface area contributed by atoms with Crippen LogP contribution >= 0.6 is 0 Å². The fourth-order valence-electron chi connectivity index (χ4n) is 5.48. The van der Waals surface area contributed by atoms with Gasteiger partial charge >= 0.3 is 6.18 Å². The number of anilines is 2. The standard InChI is InChI=1S/C33H32F3N9O/c1-31(2,33(34,35)36)18-40-28-20(15-38)16-39-27-19(14-37)12-21(13-25(27)28)41-29(26-17-45(43-42-26)32(3)9-10-32)23-6-5-7-24-22(23)8-11-44(4)30(24)46/h5-8,11-13,16-17,29,41-43H,9-10,18H2,1-4H3,(H,39,40)/t29-/m0/s1. The van der Waals surface area contributed by atoms with E-state index in [1.165, 1.54) is 10.8 Å². The third-order valence-electron chi connectivity index (χ3n) is 8.92. The van der Waals surface area contributed by atoms with Gasteiger partial charge in [0.25, 0.3) is 5.56 Å². The lowest BCUT2D eigenvalue weighted by molar-refractivity contribution is -0.206. The Morgan fingerprint density at radius 1 is 1.09 bits per heavy atom. The molecule has 0 amide bonds. The summed E-state index contributed by atoms with van der Waals surface area (Å²) in [7, 11) is 1.69. The van der Waals surface area contributed by atoms with Crippen molar-refractivity contribution in [3.63, 3.8) is 0 Å². The molecule has 2 aromatic heterocycles. The Morgan fingerprint density at radius 2 is 1.83 bits per heavy atom. The Morgan fingerprint density at radius 3 is 2.50 bits per heavy atom. The molecule has 2 aromatic carbocycles. The third-order valence-corrected chi connectivity index (χ3v) is 8.92. The van der Waals surface area contributed by atoms with Crippen LogP contribution in [0.5, 0.6) is 0 Å². The lowest BCUT2D eigenvalue weighted by Crippen LogP contribution is -2.43. The number of halogens is 3. The highest BCUT2D eigenvalue weighted by molar-refractivity contribution is 5.99. The van der Waals surface area contributed by atoms with Crippen molar-refractivity contribution < 1.29 is 13.2 Å². The average Bonchev–Trinajstić information content (AvgIpc) is 3.57. The quantitative estimate of drug-likeness (QED) is 0.194. The molecule has 2 aliphatic rings. The molecule has 4 aromatic rings. The van der Waals surface area contributed by atoms with E-state index in [0.29, 0.717) is 16.5 Å². The number of hydrogen-bond donors (Lipinski definition) is 4. The highest BCUT2D eigenvalue weighted by Crippen LogP contribution is 2.43. The number of rotatable bonds is 8. The summed E-state index contributed by atoms with van der Waals surface area (Å²) < 4.78 is 42.7. The van der Waals surface area contributed by atoms with Gasteiger partial charge in [0, 0.05) is 48.6 Å². The Hall–Kier alpha value is -5.27. The van der Waals surface area contributed by atoms with Crippen molar-refractivity contribution in [1.29, 1.82) is 10.5 Å². The van der Waals surface area contributed by atoms with Gasteiger partial charge in [0.1, 0.15) is 12.1 Å². The van der Waals surface area contributed by atoms with Crippen LogP contribution in [0.3, 0.4) is 0 Å². The third kappa shape index (κ3) is 5.33. The molecule has 46 heavy (non-hydrogen) atoms. The van der Waals surface area contributed by atoms with Crippen molar-refractivity contribution in [2.75, 3.05) is 17.2 Å². The van der Waals surface area contributed by atoms with Gasteiger partial charge in [0.05, 0.1) is 45.0 Å². The number of nitrogens with zero attached hydrogens (tertiary/aromatic N) is 5. The number of nitrogens with one attached hydrogen (secondary N) is 4. The topological polar surface area (TPSA) is 134 Å². The van der Waals surface area contributed by atoms with Crippen LogP contribution in [-0.4, -0.2) is 32.8 Å². The average molecular weight is 628 g/mol. The first-order chi connectivity index (χ1) is 21.8. The minimum Gasteiger partial charge on any atom is -0.382 e. The van der Waals surface area contributed by atoms with E-state index in [0.717, 1.165) is 43.3 Å². The summed E-state index contributed by atoms with van der Waals surface area (Å²) in [5.74, 6) is 0. The second-order valence-electron chi connectivity index (χ2n) is 12.7. The van der Waals surface area contributed by atoms with Gasteiger partial charge in [-0.1, -0.05) is 12.1 Å². The Labute approximate surface area is 263 Å². The van der Waals surface area contributed by atoms with Crippen LogP contribution in [0.25, 0.3) is 21.7 Å². The lowest BCUT2D eigenvalue weighted by atomic mass is 9.92. The monoisotopic (exact) mass is 627 g/mol. The van der Waals surface area contributed by atoms with E-state index in [1.807, 2.05) is 35.5 Å². The molecule has 0 unspecified atom stereocenters. The molecule has 1 atom stereocenters. The van der Waals surface area contributed by atoms with Crippen LogP contribution in [0.2, 0.25) is 0 Å². The molecule has 1 fully saturated rings. The number of aromatic nitrogens is 2. The molecular weight excluding hydrogens is 595 g/mol. The van der Waals surface area contributed by atoms with E-state index in [-0.39, 0.29) is 33.4 Å². The summed E-state index contributed by atoms with van der Waals surface area (Å²) in [4.78, 5) is 17.4. The number of nitriles is 2. The largest absolute Gasteiger partial charge is 0.395 e. The molecule has 1 aliphatic carbocycles. The molecule has 0 spiro atoms. The van der Waals surface area contributed by atoms with Gasteiger partial charge < -0.3 is 20.6 Å². The Kier molecular flexibility index (Phi) is 7.33. The highest BCUT2D eigenvalue weighted by atomic mass is 19.4. The van der Waals surface area contributed by atoms with Crippen LogP contribution in [-0.2, 0) is 7.05 Å². The van der Waals surface area contributed by atoms with Gasteiger partial charge in [-0.25, -0.2) is 0 Å². The fourth-order valence-corrected chi connectivity index (χ4v) is 5.48. The number of pyridine rings is 2. The molecule has 0 radical (unpaired) electrons. The number of benzene rings is 2. The zero-order valence-electron chi connectivity index (χ0n) is 25.7. The van der Waals surface area contributed by atoms with Gasteiger partial charge in [-0.15, -0.1) is 5.53 Å². The second-order valence-corrected chi connectivity index (χ2v) is 12.7. The number of aryl methyl sites for hydroxylation is 1. The Balaban J connectivity index is 1.49. The molecule has 13 heteroatoms. The SMILES string of the molecule is Cn1ccc2c([C@H](Nc3cc(C#N)c4ncc(C#N)c(NCC(C)(C)C(F)(F)F)c4c3)C3=CN(C4(C)CC4)NN3)cccc2c1=O. The predicted molar refractivity (Wildman–Crippen MR) is 169 cm³/mol. The summed E-state index contributed by atoms with van der Waals surface area (Å²) in [6, 6.07) is 14.2. The van der Waals surface area contributed by atoms with Crippen molar-refractivity contribution in [3.05, 3.63) is 87.7 Å². The van der Waals surface area contributed by atoms with Crippen LogP contribution in [0.15, 0.2) is 65.5 Å². The van der Waals surface area contributed by atoms with Crippen LogP contribution in [0.4, 0.5) is 24.5 Å². The van der Waals surface area contributed by atoms with Crippen molar-refractivity contribution >= 4 is 33.1 Å². The van der Waals surface area contributed by atoms with E-state index in [9.17, 15) is 28.5 Å². The molecule has 0 bridgehead atoms. The molecule has 10 nitrogen and oxygen atoms in total. The summed E-state index contributed by atoms with van der Waals surface area (Å²) in [5, 5.41) is 29.9. The number of hydrazine groups is 2. The van der Waals surface area contributed by atoms with Crippen LogP contribution < -0.4 is 27.2 Å². The molecule has 6 rings (SSSR count). The molecule has 3 heterocycles. The molecule has 1 aliphatic heterocycles. The van der Waals surface area contributed by atoms with Gasteiger partial charge in [-0.3, -0.25) is 14.8 Å².